The Bertz CT molecular complexity index is 1630. The number of hydrogen-bond acceptors (Lipinski definition) is 1. The average molecular weight is 448 g/mol. The van der Waals surface area contributed by atoms with E-state index in [2.05, 4.69) is 77.6 Å². The van der Waals surface area contributed by atoms with Gasteiger partial charge in [0.25, 0.3) is 0 Å². The largest absolute Gasteiger partial charge is 0.389 e. The van der Waals surface area contributed by atoms with E-state index in [1.54, 1.807) is 31.2 Å². The molecule has 8 aromatic rings. The standard InChI is InChI=1S/C24H12.C9H9NO/c1-2-14-5-6-16-9-11-18-12-10-17-8-7-15-4-3-13(1)19-20(14)22(16)24(18)23(17)21(15)19;1-7(11)8-3-5-9(10-2)6-4-8/h1-12H;3-7,11H,1H3. The maximum absolute atomic E-state index is 9.11. The minimum atomic E-state index is -0.449. The Morgan fingerprint density at radius 2 is 0.743 bits per heavy atom. The molecule has 0 bridgehead atoms. The molecule has 0 aliphatic carbocycles. The summed E-state index contributed by atoms with van der Waals surface area (Å²) in [5.74, 6) is 0. The molecule has 0 saturated heterocycles. The fourth-order valence-corrected chi connectivity index (χ4v) is 5.72. The molecule has 0 saturated carbocycles. The van der Waals surface area contributed by atoms with Gasteiger partial charge in [0.1, 0.15) is 0 Å². The second-order valence-corrected chi connectivity index (χ2v) is 9.36. The summed E-state index contributed by atoms with van der Waals surface area (Å²) >= 11 is 0. The first-order chi connectivity index (χ1) is 17.1. The summed E-state index contributed by atoms with van der Waals surface area (Å²) in [5.41, 5.74) is 1.45. The van der Waals surface area contributed by atoms with Gasteiger partial charge in [-0.1, -0.05) is 97.1 Å². The minimum Gasteiger partial charge on any atom is -0.389 e. The Morgan fingerprint density at radius 1 is 0.486 bits per heavy atom. The van der Waals surface area contributed by atoms with Crippen molar-refractivity contribution in [1.82, 2.24) is 0 Å². The lowest BCUT2D eigenvalue weighted by Gasteiger charge is -2.20. The van der Waals surface area contributed by atoms with Crippen LogP contribution in [0.15, 0.2) is 97.1 Å². The molecule has 8 rings (SSSR count). The van der Waals surface area contributed by atoms with E-state index < -0.39 is 6.10 Å². The summed E-state index contributed by atoms with van der Waals surface area (Å²) in [6.07, 6.45) is -0.449. The fraction of sp³-hybridized carbons (Fsp3) is 0.0606. The summed E-state index contributed by atoms with van der Waals surface area (Å²) < 4.78 is 0. The SMILES string of the molecule is [C-]#[N+]c1ccc(C(C)O)cc1.c1cc2ccc3ccc4ccc5ccc6ccc1c1c2c3c4c5c61. The summed E-state index contributed by atoms with van der Waals surface area (Å²) in [6.45, 7) is 8.39. The van der Waals surface area contributed by atoms with Crippen LogP contribution in [0.25, 0.3) is 69.5 Å². The first kappa shape index (κ1) is 20.0. The van der Waals surface area contributed by atoms with Gasteiger partial charge in [0.15, 0.2) is 5.69 Å². The van der Waals surface area contributed by atoms with Crippen molar-refractivity contribution in [3.05, 3.63) is 114 Å². The van der Waals surface area contributed by atoms with Gasteiger partial charge in [-0.05, 0) is 77.1 Å². The van der Waals surface area contributed by atoms with E-state index in [0.29, 0.717) is 5.69 Å². The van der Waals surface area contributed by atoms with Crippen LogP contribution in [0.1, 0.15) is 18.6 Å². The smallest absolute Gasteiger partial charge is 0.187 e. The zero-order valence-electron chi connectivity index (χ0n) is 19.2. The van der Waals surface area contributed by atoms with Crippen LogP contribution in [-0.2, 0) is 0 Å². The quantitative estimate of drug-likeness (QED) is 0.151. The molecule has 0 aromatic heterocycles. The van der Waals surface area contributed by atoms with Crippen molar-refractivity contribution < 1.29 is 5.11 Å². The van der Waals surface area contributed by atoms with Crippen molar-refractivity contribution in [2.75, 3.05) is 0 Å². The molecule has 0 amide bonds. The number of benzene rings is 8. The maximum atomic E-state index is 9.11. The van der Waals surface area contributed by atoms with Gasteiger partial charge in [-0.2, -0.15) is 0 Å². The molecule has 0 fully saturated rings. The summed E-state index contributed by atoms with van der Waals surface area (Å²) in [4.78, 5) is 3.24. The van der Waals surface area contributed by atoms with Gasteiger partial charge in [-0.3, -0.25) is 0 Å². The Labute approximate surface area is 202 Å². The van der Waals surface area contributed by atoms with Gasteiger partial charge in [0.2, 0.25) is 0 Å². The monoisotopic (exact) mass is 447 g/mol. The Hall–Kier alpha value is -4.45. The molecule has 0 aliphatic rings. The fourth-order valence-electron chi connectivity index (χ4n) is 5.72. The summed E-state index contributed by atoms with van der Waals surface area (Å²) in [5, 5.41) is 25.8. The number of aliphatic hydroxyl groups is 1. The van der Waals surface area contributed by atoms with E-state index in [4.69, 9.17) is 11.7 Å². The second kappa shape index (κ2) is 7.27. The van der Waals surface area contributed by atoms with E-state index in [0.717, 1.165) is 5.56 Å². The van der Waals surface area contributed by atoms with Crippen molar-refractivity contribution in [3.63, 3.8) is 0 Å². The average Bonchev–Trinajstić information content (AvgIpc) is 2.91. The van der Waals surface area contributed by atoms with Crippen molar-refractivity contribution in [2.24, 2.45) is 0 Å². The Kier molecular flexibility index (Phi) is 4.15. The van der Waals surface area contributed by atoms with Crippen LogP contribution in [0.3, 0.4) is 0 Å². The Balaban J connectivity index is 0.000000163. The van der Waals surface area contributed by atoms with Gasteiger partial charge < -0.3 is 5.11 Å². The number of nitrogens with zero attached hydrogens (tertiary/aromatic N) is 1. The molecule has 1 N–H and O–H groups in total. The van der Waals surface area contributed by atoms with E-state index in [-0.39, 0.29) is 0 Å². The lowest BCUT2D eigenvalue weighted by atomic mass is 9.83. The highest BCUT2D eigenvalue weighted by molar-refractivity contribution is 6.44. The highest BCUT2D eigenvalue weighted by Crippen LogP contribution is 2.47. The third kappa shape index (κ3) is 2.80. The van der Waals surface area contributed by atoms with Crippen LogP contribution in [0.5, 0.6) is 0 Å². The van der Waals surface area contributed by atoms with Crippen LogP contribution >= 0.6 is 0 Å². The molecule has 1 atom stereocenters. The van der Waals surface area contributed by atoms with Gasteiger partial charge in [0.05, 0.1) is 12.7 Å². The number of rotatable bonds is 1. The third-order valence-corrected chi connectivity index (χ3v) is 7.39. The molecule has 2 heteroatoms. The van der Waals surface area contributed by atoms with E-state index in [1.807, 2.05) is 0 Å². The van der Waals surface area contributed by atoms with Crippen molar-refractivity contribution in [2.45, 2.75) is 13.0 Å². The number of hydrogen-bond donors (Lipinski definition) is 1. The first-order valence-electron chi connectivity index (χ1n) is 11.9. The topological polar surface area (TPSA) is 24.6 Å². The molecular formula is C33H21NO. The van der Waals surface area contributed by atoms with Crippen LogP contribution < -0.4 is 0 Å². The van der Waals surface area contributed by atoms with Crippen LogP contribution in [-0.4, -0.2) is 5.11 Å². The molecular weight excluding hydrogens is 426 g/mol. The van der Waals surface area contributed by atoms with Crippen molar-refractivity contribution in [3.8, 4) is 0 Å². The van der Waals surface area contributed by atoms with Gasteiger partial charge in [0, 0.05) is 0 Å². The molecule has 0 aliphatic heterocycles. The third-order valence-electron chi connectivity index (χ3n) is 7.39. The highest BCUT2D eigenvalue weighted by atomic mass is 16.3. The maximum Gasteiger partial charge on any atom is 0.187 e. The van der Waals surface area contributed by atoms with Crippen LogP contribution in [0.4, 0.5) is 5.69 Å². The predicted molar refractivity (Wildman–Crippen MR) is 148 cm³/mol. The van der Waals surface area contributed by atoms with E-state index in [1.165, 1.54) is 64.6 Å². The Morgan fingerprint density at radius 3 is 0.943 bits per heavy atom. The lowest BCUT2D eigenvalue weighted by molar-refractivity contribution is 0.199. The molecule has 2 nitrogen and oxygen atoms in total. The predicted octanol–water partition coefficient (Wildman–Crippen LogP) is 9.21. The van der Waals surface area contributed by atoms with Crippen LogP contribution in [0, 0.1) is 6.57 Å². The van der Waals surface area contributed by atoms with E-state index >= 15 is 0 Å². The van der Waals surface area contributed by atoms with Crippen LogP contribution in [0.2, 0.25) is 0 Å². The molecule has 0 radical (unpaired) electrons. The molecule has 164 valence electrons. The van der Waals surface area contributed by atoms with Gasteiger partial charge in [-0.15, -0.1) is 0 Å². The molecule has 8 aromatic carbocycles. The number of aliphatic hydroxyl groups excluding tert-OH is 1. The summed E-state index contributed by atoms with van der Waals surface area (Å²) in [7, 11) is 0. The molecule has 1 unspecified atom stereocenters. The van der Waals surface area contributed by atoms with Gasteiger partial charge >= 0.3 is 0 Å². The summed E-state index contributed by atoms with van der Waals surface area (Å²) in [6, 6.07) is 34.2. The highest BCUT2D eigenvalue weighted by Gasteiger charge is 2.19. The zero-order chi connectivity index (χ0) is 23.7. The first-order valence-corrected chi connectivity index (χ1v) is 11.9. The van der Waals surface area contributed by atoms with Crippen molar-refractivity contribution in [1.29, 1.82) is 0 Å². The molecule has 35 heavy (non-hydrogen) atoms. The van der Waals surface area contributed by atoms with E-state index in [9.17, 15) is 0 Å². The molecule has 0 spiro atoms. The lowest BCUT2D eigenvalue weighted by Crippen LogP contribution is -1.91. The second-order valence-electron chi connectivity index (χ2n) is 9.36. The zero-order valence-corrected chi connectivity index (χ0v) is 19.2. The molecule has 0 heterocycles. The minimum absolute atomic E-state index is 0.449. The van der Waals surface area contributed by atoms with Gasteiger partial charge in [-0.25, -0.2) is 4.85 Å². The normalized spacial score (nSPS) is 12.7. The van der Waals surface area contributed by atoms with Crippen molar-refractivity contribution >= 4 is 70.3 Å².